The second-order valence-corrected chi connectivity index (χ2v) is 12.2. The van der Waals surface area contributed by atoms with Crippen molar-refractivity contribution in [1.82, 2.24) is 14.7 Å². The van der Waals surface area contributed by atoms with Crippen molar-refractivity contribution >= 4 is 11.5 Å². The molecule has 3 aliphatic rings. The van der Waals surface area contributed by atoms with Gasteiger partial charge in [-0.05, 0) is 87.0 Å². The molecule has 0 spiro atoms. The first-order chi connectivity index (χ1) is 19.3. The number of carbonyl (C=O) groups is 1. The standard InChI is InChI=1S/C34H44FN3O2/c1-34(2,35)26-37-18-16-28(17-19-37)25-40-32-14-12-30(13-15-32)29-8-10-31(11-9-29)33(39)38-22-20-36(21-23-38)24-27-6-4-3-5-7-27/h3-12,14,28H,13,15-26H2,1-2H3. The number of rotatable bonds is 9. The molecule has 6 heteroatoms. The van der Waals surface area contributed by atoms with E-state index in [0.29, 0.717) is 12.5 Å². The summed E-state index contributed by atoms with van der Waals surface area (Å²) in [6, 6.07) is 18.6. The fourth-order valence-corrected chi connectivity index (χ4v) is 6.01. The largest absolute Gasteiger partial charge is 0.498 e. The molecule has 214 valence electrons. The Morgan fingerprint density at radius 3 is 2.20 bits per heavy atom. The number of likely N-dealkylation sites (tertiary alicyclic amines) is 1. The first-order valence-electron chi connectivity index (χ1n) is 14.9. The number of hydrogen-bond acceptors (Lipinski definition) is 4. The summed E-state index contributed by atoms with van der Waals surface area (Å²) in [7, 11) is 0. The summed E-state index contributed by atoms with van der Waals surface area (Å²) < 4.78 is 20.1. The highest BCUT2D eigenvalue weighted by atomic mass is 19.1. The molecule has 2 heterocycles. The highest BCUT2D eigenvalue weighted by molar-refractivity contribution is 5.94. The van der Waals surface area contributed by atoms with E-state index in [1.807, 2.05) is 23.1 Å². The molecule has 2 saturated heterocycles. The predicted molar refractivity (Wildman–Crippen MR) is 160 cm³/mol. The van der Waals surface area contributed by atoms with Gasteiger partial charge < -0.3 is 14.5 Å². The molecule has 2 fully saturated rings. The van der Waals surface area contributed by atoms with E-state index in [0.717, 1.165) is 89.4 Å². The molecular formula is C34H44FN3O2. The number of piperazine rings is 1. The van der Waals surface area contributed by atoms with Crippen LogP contribution in [0.4, 0.5) is 4.39 Å². The van der Waals surface area contributed by atoms with Crippen LogP contribution in [0.15, 0.2) is 72.5 Å². The van der Waals surface area contributed by atoms with Crippen molar-refractivity contribution in [1.29, 1.82) is 0 Å². The SMILES string of the molecule is CC(C)(F)CN1CCC(COC2=CC=C(c3ccc(C(=O)N4CCN(Cc5ccccc5)CC4)cc3)CC2)CC1. The van der Waals surface area contributed by atoms with E-state index in [1.54, 1.807) is 13.8 Å². The highest BCUT2D eigenvalue weighted by Gasteiger charge is 2.26. The van der Waals surface area contributed by atoms with E-state index in [2.05, 4.69) is 58.4 Å². The molecule has 40 heavy (non-hydrogen) atoms. The van der Waals surface area contributed by atoms with E-state index in [4.69, 9.17) is 4.74 Å². The Hall–Kier alpha value is -2.96. The average Bonchev–Trinajstić information content (AvgIpc) is 2.97. The normalized spacial score (nSPS) is 19.7. The van der Waals surface area contributed by atoms with E-state index < -0.39 is 5.67 Å². The van der Waals surface area contributed by atoms with Crippen molar-refractivity contribution in [3.05, 3.63) is 89.2 Å². The Morgan fingerprint density at radius 1 is 0.875 bits per heavy atom. The number of nitrogens with zero attached hydrogens (tertiary/aromatic N) is 3. The van der Waals surface area contributed by atoms with E-state index in [-0.39, 0.29) is 5.91 Å². The molecule has 1 aliphatic carbocycles. The maximum absolute atomic E-state index is 13.9. The third-order valence-electron chi connectivity index (χ3n) is 8.33. The number of hydrogen-bond donors (Lipinski definition) is 0. The van der Waals surface area contributed by atoms with Crippen LogP contribution in [0.25, 0.3) is 5.57 Å². The summed E-state index contributed by atoms with van der Waals surface area (Å²) in [5, 5.41) is 0. The van der Waals surface area contributed by atoms with Gasteiger partial charge in [0.05, 0.1) is 12.4 Å². The van der Waals surface area contributed by atoms with Crippen LogP contribution in [0.2, 0.25) is 0 Å². The summed E-state index contributed by atoms with van der Waals surface area (Å²) in [6.45, 7) is 10.8. The Labute approximate surface area is 239 Å². The first-order valence-corrected chi connectivity index (χ1v) is 14.9. The Balaban J connectivity index is 1.06. The number of alkyl halides is 1. The van der Waals surface area contributed by atoms with Crippen molar-refractivity contribution in [2.45, 2.75) is 51.7 Å². The van der Waals surface area contributed by atoms with E-state index in [1.165, 1.54) is 16.7 Å². The lowest BCUT2D eigenvalue weighted by Gasteiger charge is -2.34. The molecule has 0 unspecified atom stereocenters. The summed E-state index contributed by atoms with van der Waals surface area (Å²) in [6.07, 6.45) is 8.24. The summed E-state index contributed by atoms with van der Waals surface area (Å²) in [5.74, 6) is 1.72. The molecule has 5 nitrogen and oxygen atoms in total. The molecule has 1 amide bonds. The van der Waals surface area contributed by atoms with Crippen LogP contribution in [0.5, 0.6) is 0 Å². The number of ether oxygens (including phenoxy) is 1. The van der Waals surface area contributed by atoms with Gasteiger partial charge in [-0.1, -0.05) is 48.5 Å². The van der Waals surface area contributed by atoms with Crippen LogP contribution >= 0.6 is 0 Å². The molecule has 2 aromatic carbocycles. The minimum absolute atomic E-state index is 0.123. The van der Waals surface area contributed by atoms with Crippen molar-refractivity contribution < 1.29 is 13.9 Å². The Kier molecular flexibility index (Phi) is 9.38. The van der Waals surface area contributed by atoms with Gasteiger partial charge in [0.15, 0.2) is 0 Å². The molecule has 0 radical (unpaired) electrons. The third-order valence-corrected chi connectivity index (χ3v) is 8.33. The van der Waals surface area contributed by atoms with E-state index in [9.17, 15) is 9.18 Å². The zero-order valence-electron chi connectivity index (χ0n) is 24.2. The van der Waals surface area contributed by atoms with Crippen LogP contribution < -0.4 is 0 Å². The minimum atomic E-state index is -1.13. The fourth-order valence-electron chi connectivity index (χ4n) is 6.01. The molecule has 0 N–H and O–H groups in total. The van der Waals surface area contributed by atoms with Crippen molar-refractivity contribution in [3.8, 4) is 0 Å². The smallest absolute Gasteiger partial charge is 0.253 e. The lowest BCUT2D eigenvalue weighted by Crippen LogP contribution is -2.48. The number of amides is 1. The van der Waals surface area contributed by atoms with Crippen LogP contribution in [-0.4, -0.2) is 78.7 Å². The molecular weight excluding hydrogens is 501 g/mol. The quantitative estimate of drug-likeness (QED) is 0.377. The lowest BCUT2D eigenvalue weighted by atomic mass is 9.95. The number of piperidine rings is 1. The predicted octanol–water partition coefficient (Wildman–Crippen LogP) is 6.18. The first kappa shape index (κ1) is 28.6. The maximum atomic E-state index is 13.9. The number of allylic oxidation sites excluding steroid dienone is 4. The van der Waals surface area contributed by atoms with Gasteiger partial charge in [0.1, 0.15) is 5.67 Å². The van der Waals surface area contributed by atoms with Crippen LogP contribution in [0.3, 0.4) is 0 Å². The molecule has 0 atom stereocenters. The summed E-state index contributed by atoms with van der Waals surface area (Å²) >= 11 is 0. The molecule has 0 bridgehead atoms. The maximum Gasteiger partial charge on any atom is 0.253 e. The van der Waals surface area contributed by atoms with Gasteiger partial charge >= 0.3 is 0 Å². The second-order valence-electron chi connectivity index (χ2n) is 12.2. The topological polar surface area (TPSA) is 36.0 Å². The monoisotopic (exact) mass is 545 g/mol. The highest BCUT2D eigenvalue weighted by Crippen LogP contribution is 2.29. The van der Waals surface area contributed by atoms with E-state index >= 15 is 0 Å². The van der Waals surface area contributed by atoms with Gasteiger partial charge in [-0.2, -0.15) is 0 Å². The molecule has 5 rings (SSSR count). The van der Waals surface area contributed by atoms with Gasteiger partial charge in [-0.15, -0.1) is 0 Å². The van der Waals surface area contributed by atoms with Gasteiger partial charge in [0.2, 0.25) is 0 Å². The fraction of sp³-hybridized carbons (Fsp3) is 0.500. The second kappa shape index (κ2) is 13.1. The zero-order valence-corrected chi connectivity index (χ0v) is 24.2. The van der Waals surface area contributed by atoms with Crippen LogP contribution in [0, 0.1) is 5.92 Å². The average molecular weight is 546 g/mol. The number of carbonyl (C=O) groups excluding carboxylic acids is 1. The van der Waals surface area contributed by atoms with Gasteiger partial charge in [0, 0.05) is 51.3 Å². The van der Waals surface area contributed by atoms with Crippen molar-refractivity contribution in [2.24, 2.45) is 5.92 Å². The zero-order chi connectivity index (χ0) is 28.0. The lowest BCUT2D eigenvalue weighted by molar-refractivity contribution is 0.0628. The number of halogens is 1. The van der Waals surface area contributed by atoms with Crippen molar-refractivity contribution in [2.75, 3.05) is 52.4 Å². The summed E-state index contributed by atoms with van der Waals surface area (Å²) in [5.41, 5.74) is 3.40. The van der Waals surface area contributed by atoms with Crippen LogP contribution in [-0.2, 0) is 11.3 Å². The summed E-state index contributed by atoms with van der Waals surface area (Å²) in [4.78, 5) is 19.8. The molecule has 2 aliphatic heterocycles. The third kappa shape index (κ3) is 8.05. The molecule has 2 aromatic rings. The van der Waals surface area contributed by atoms with Gasteiger partial charge in [0.25, 0.3) is 5.91 Å². The van der Waals surface area contributed by atoms with Gasteiger partial charge in [-0.25, -0.2) is 4.39 Å². The van der Waals surface area contributed by atoms with Crippen LogP contribution in [0.1, 0.15) is 61.0 Å². The Morgan fingerprint density at radius 2 is 1.57 bits per heavy atom. The minimum Gasteiger partial charge on any atom is -0.498 e. The Bertz CT molecular complexity index is 1170. The van der Waals surface area contributed by atoms with Gasteiger partial charge in [-0.3, -0.25) is 9.69 Å². The molecule has 0 saturated carbocycles. The number of benzene rings is 2. The molecule has 0 aromatic heterocycles. The van der Waals surface area contributed by atoms with Crippen molar-refractivity contribution in [3.63, 3.8) is 0 Å².